The van der Waals surface area contributed by atoms with Gasteiger partial charge in [-0.2, -0.15) is 0 Å². The summed E-state index contributed by atoms with van der Waals surface area (Å²) in [5, 5.41) is 10.1. The maximum absolute atomic E-state index is 10.1. The van der Waals surface area contributed by atoms with Crippen molar-refractivity contribution in [3.05, 3.63) is 130 Å². The molecule has 0 saturated heterocycles. The van der Waals surface area contributed by atoms with E-state index >= 15 is 0 Å². The number of rotatable bonds is 8. The van der Waals surface area contributed by atoms with Gasteiger partial charge in [0.05, 0.1) is 6.10 Å². The first kappa shape index (κ1) is 33.9. The summed E-state index contributed by atoms with van der Waals surface area (Å²) >= 11 is 0. The van der Waals surface area contributed by atoms with Crippen LogP contribution in [0.3, 0.4) is 0 Å². The van der Waals surface area contributed by atoms with Crippen LogP contribution in [0.25, 0.3) is 0 Å². The SMILES string of the molecule is CC1=C(C#C/C(C)=C/C=C/C(C)=C/C=C/C=C(C)/C=C/C=C(C)/C=C/C2=C(C)CC(O)CC2(C)C)C(C)(C)CC=C1. The predicted molar refractivity (Wildman–Crippen MR) is 181 cm³/mol. The van der Waals surface area contributed by atoms with Crippen LogP contribution in [0.4, 0.5) is 0 Å². The highest BCUT2D eigenvalue weighted by atomic mass is 16.3. The van der Waals surface area contributed by atoms with E-state index in [9.17, 15) is 5.11 Å². The Hall–Kier alpha value is -3.34. The largest absolute Gasteiger partial charge is 0.393 e. The summed E-state index contributed by atoms with van der Waals surface area (Å²) in [6, 6.07) is 0. The lowest BCUT2D eigenvalue weighted by atomic mass is 9.71. The quantitative estimate of drug-likeness (QED) is 0.236. The van der Waals surface area contributed by atoms with Gasteiger partial charge in [-0.25, -0.2) is 0 Å². The molecule has 0 aromatic rings. The molecule has 1 unspecified atom stereocenters. The molecular weight excluding hydrogens is 496 g/mol. The number of allylic oxidation sites excluding steroid dienone is 21. The first-order valence-corrected chi connectivity index (χ1v) is 14.9. The minimum atomic E-state index is -0.224. The molecule has 2 rings (SSSR count). The second kappa shape index (κ2) is 15.6. The summed E-state index contributed by atoms with van der Waals surface area (Å²) in [7, 11) is 0. The monoisotopic (exact) mass is 548 g/mol. The van der Waals surface area contributed by atoms with E-state index in [0.29, 0.717) is 0 Å². The van der Waals surface area contributed by atoms with Crippen LogP contribution in [0.5, 0.6) is 0 Å². The Bertz CT molecular complexity index is 1350. The lowest BCUT2D eigenvalue weighted by Crippen LogP contribution is -2.28. The third kappa shape index (κ3) is 11.6. The van der Waals surface area contributed by atoms with Crippen molar-refractivity contribution in [1.82, 2.24) is 0 Å². The molecule has 0 bridgehead atoms. The van der Waals surface area contributed by atoms with Crippen LogP contribution < -0.4 is 0 Å². The molecule has 1 heteroatoms. The van der Waals surface area contributed by atoms with Crippen molar-refractivity contribution in [2.24, 2.45) is 10.8 Å². The fraction of sp³-hybridized carbons (Fsp3) is 0.400. The zero-order valence-corrected chi connectivity index (χ0v) is 27.2. The molecule has 0 spiro atoms. The van der Waals surface area contributed by atoms with Gasteiger partial charge < -0.3 is 5.11 Å². The molecule has 0 heterocycles. The molecule has 0 saturated carbocycles. The fourth-order valence-corrected chi connectivity index (χ4v) is 5.39. The second-order valence-corrected chi connectivity index (χ2v) is 13.0. The summed E-state index contributed by atoms with van der Waals surface area (Å²) in [6.45, 7) is 21.7. The van der Waals surface area contributed by atoms with Gasteiger partial charge in [0.25, 0.3) is 0 Å². The predicted octanol–water partition coefficient (Wildman–Crippen LogP) is 10.8. The first-order chi connectivity index (χ1) is 19.2. The lowest BCUT2D eigenvalue weighted by molar-refractivity contribution is 0.116. The van der Waals surface area contributed by atoms with Crippen molar-refractivity contribution in [2.75, 3.05) is 0 Å². The number of hydrogen-bond acceptors (Lipinski definition) is 1. The van der Waals surface area contributed by atoms with Gasteiger partial charge in [-0.15, -0.1) is 0 Å². The standard InChI is InChI=1S/C40H52O/c1-30(18-13-20-32(3)23-25-37-34(5)22-15-27-39(37,7)8)16-11-12-17-31(2)19-14-21-33(4)24-26-38-35(6)28-36(41)29-40(38,9)10/h11-22,24,26,36,41H,27-29H2,1-10H3/b12-11+,18-13+,19-14+,26-24+,30-16+,31-17+,32-20+,33-21+. The number of hydrogen-bond donors (Lipinski definition) is 1. The van der Waals surface area contributed by atoms with E-state index in [2.05, 4.69) is 166 Å². The summed E-state index contributed by atoms with van der Waals surface area (Å²) < 4.78 is 0. The maximum atomic E-state index is 10.1. The molecule has 0 aromatic carbocycles. The molecule has 0 fully saturated rings. The molecule has 0 amide bonds. The topological polar surface area (TPSA) is 20.2 Å². The van der Waals surface area contributed by atoms with E-state index in [-0.39, 0.29) is 16.9 Å². The molecule has 1 N–H and O–H groups in total. The molecule has 0 aliphatic heterocycles. The first-order valence-electron chi connectivity index (χ1n) is 14.9. The number of aliphatic hydroxyl groups excluding tert-OH is 1. The summed E-state index contributed by atoms with van der Waals surface area (Å²) in [6.07, 6.45) is 32.2. The van der Waals surface area contributed by atoms with Crippen molar-refractivity contribution in [1.29, 1.82) is 0 Å². The van der Waals surface area contributed by atoms with E-state index in [1.807, 2.05) is 0 Å². The molecule has 41 heavy (non-hydrogen) atoms. The highest BCUT2D eigenvalue weighted by molar-refractivity contribution is 5.48. The van der Waals surface area contributed by atoms with Crippen LogP contribution in [-0.4, -0.2) is 11.2 Å². The Kier molecular flexibility index (Phi) is 12.9. The van der Waals surface area contributed by atoms with E-state index < -0.39 is 0 Å². The lowest BCUT2D eigenvalue weighted by Gasteiger charge is -2.35. The molecule has 1 nitrogen and oxygen atoms in total. The Morgan fingerprint density at radius 1 is 0.805 bits per heavy atom. The van der Waals surface area contributed by atoms with Crippen molar-refractivity contribution in [3.63, 3.8) is 0 Å². The normalized spacial score (nSPS) is 22.6. The minimum Gasteiger partial charge on any atom is -0.393 e. The molecule has 0 radical (unpaired) electrons. The maximum Gasteiger partial charge on any atom is 0.0585 e. The Morgan fingerprint density at radius 2 is 1.37 bits per heavy atom. The molecule has 2 aliphatic carbocycles. The van der Waals surface area contributed by atoms with Crippen molar-refractivity contribution < 1.29 is 5.11 Å². The molecule has 2 aliphatic rings. The third-order valence-corrected chi connectivity index (χ3v) is 7.69. The second-order valence-electron chi connectivity index (χ2n) is 13.0. The molecule has 218 valence electrons. The van der Waals surface area contributed by atoms with E-state index in [1.165, 1.54) is 39.0 Å². The van der Waals surface area contributed by atoms with Gasteiger partial charge in [-0.05, 0) is 82.9 Å². The van der Waals surface area contributed by atoms with Crippen LogP contribution in [0.15, 0.2) is 130 Å². The summed E-state index contributed by atoms with van der Waals surface area (Å²) in [5.41, 5.74) is 9.92. The zero-order chi connectivity index (χ0) is 30.6. The van der Waals surface area contributed by atoms with Gasteiger partial charge >= 0.3 is 0 Å². The van der Waals surface area contributed by atoms with Gasteiger partial charge in [-0.3, -0.25) is 0 Å². The molecule has 1 atom stereocenters. The van der Waals surface area contributed by atoms with Crippen LogP contribution in [0, 0.1) is 22.7 Å². The van der Waals surface area contributed by atoms with Crippen molar-refractivity contribution in [3.8, 4) is 11.8 Å². The average molecular weight is 549 g/mol. The van der Waals surface area contributed by atoms with E-state index in [4.69, 9.17) is 0 Å². The number of aliphatic hydroxyl groups is 1. The molecular formula is C40H52O. The van der Waals surface area contributed by atoms with Gasteiger partial charge in [0.2, 0.25) is 0 Å². The van der Waals surface area contributed by atoms with Gasteiger partial charge in [0.1, 0.15) is 0 Å². The highest BCUT2D eigenvalue weighted by Crippen LogP contribution is 2.41. The average Bonchev–Trinajstić information content (AvgIpc) is 2.84. The Labute approximate surface area is 251 Å². The molecule has 0 aromatic heterocycles. The van der Waals surface area contributed by atoms with Crippen LogP contribution in [-0.2, 0) is 0 Å². The van der Waals surface area contributed by atoms with E-state index in [1.54, 1.807) is 0 Å². The Balaban J connectivity index is 1.91. The van der Waals surface area contributed by atoms with E-state index in [0.717, 1.165) is 24.8 Å². The zero-order valence-electron chi connectivity index (χ0n) is 27.2. The van der Waals surface area contributed by atoms with Crippen LogP contribution >= 0.6 is 0 Å². The highest BCUT2D eigenvalue weighted by Gasteiger charge is 2.31. The smallest absolute Gasteiger partial charge is 0.0585 e. The van der Waals surface area contributed by atoms with Gasteiger partial charge in [-0.1, -0.05) is 147 Å². The van der Waals surface area contributed by atoms with Crippen molar-refractivity contribution in [2.45, 2.75) is 94.6 Å². The van der Waals surface area contributed by atoms with Crippen LogP contribution in [0.1, 0.15) is 88.5 Å². The minimum absolute atomic E-state index is 0.00833. The van der Waals surface area contributed by atoms with Crippen LogP contribution in [0.2, 0.25) is 0 Å². The Morgan fingerprint density at radius 3 is 1.95 bits per heavy atom. The van der Waals surface area contributed by atoms with Gasteiger partial charge in [0, 0.05) is 11.0 Å². The summed E-state index contributed by atoms with van der Waals surface area (Å²) in [5.74, 6) is 6.75. The third-order valence-electron chi connectivity index (χ3n) is 7.69. The van der Waals surface area contributed by atoms with Crippen molar-refractivity contribution >= 4 is 0 Å². The summed E-state index contributed by atoms with van der Waals surface area (Å²) in [4.78, 5) is 0. The fourth-order valence-electron chi connectivity index (χ4n) is 5.39. The van der Waals surface area contributed by atoms with Gasteiger partial charge in [0.15, 0.2) is 0 Å².